The van der Waals surface area contributed by atoms with Crippen LogP contribution in [0.15, 0.2) is 78.9 Å². The zero-order valence-corrected chi connectivity index (χ0v) is 13.4. The van der Waals surface area contributed by atoms with Crippen molar-refractivity contribution >= 4 is 22.5 Å². The minimum Gasteiger partial charge on any atom is -0.324 e. The van der Waals surface area contributed by atoms with Gasteiger partial charge < -0.3 is 5.32 Å². The number of aromatic nitrogens is 2. The summed E-state index contributed by atoms with van der Waals surface area (Å²) >= 11 is 0. The summed E-state index contributed by atoms with van der Waals surface area (Å²) in [6, 6.07) is 26.5. The van der Waals surface area contributed by atoms with E-state index in [1.165, 1.54) is 5.56 Å². The van der Waals surface area contributed by atoms with Crippen LogP contribution < -0.4 is 5.32 Å². The van der Waals surface area contributed by atoms with E-state index in [9.17, 15) is 0 Å². The lowest BCUT2D eigenvalue weighted by Gasteiger charge is -2.11. The molecule has 24 heavy (non-hydrogen) atoms. The number of aryl methyl sites for hydroxylation is 1. The third-order valence-electron chi connectivity index (χ3n) is 3.93. The van der Waals surface area contributed by atoms with Crippen LogP contribution in [-0.2, 0) is 0 Å². The number of fused-ring (bicyclic) bond motifs is 1. The number of rotatable bonds is 3. The second-order valence-electron chi connectivity index (χ2n) is 5.77. The van der Waals surface area contributed by atoms with Crippen LogP contribution in [0.4, 0.5) is 11.6 Å². The largest absolute Gasteiger partial charge is 0.324 e. The predicted molar refractivity (Wildman–Crippen MR) is 99.4 cm³/mol. The first kappa shape index (κ1) is 14.4. The van der Waals surface area contributed by atoms with Crippen LogP contribution in [0.5, 0.6) is 0 Å². The zero-order valence-electron chi connectivity index (χ0n) is 13.4. The average Bonchev–Trinajstić information content (AvgIpc) is 2.62. The average molecular weight is 311 g/mol. The predicted octanol–water partition coefficient (Wildman–Crippen LogP) is 5.35. The molecule has 0 atom stereocenters. The summed E-state index contributed by atoms with van der Waals surface area (Å²) in [7, 11) is 0. The lowest BCUT2D eigenvalue weighted by molar-refractivity contribution is 1.21. The molecule has 0 amide bonds. The summed E-state index contributed by atoms with van der Waals surface area (Å²) in [6.45, 7) is 2.08. The Balaban J connectivity index is 1.89. The fourth-order valence-electron chi connectivity index (χ4n) is 2.76. The first-order chi connectivity index (χ1) is 11.8. The summed E-state index contributed by atoms with van der Waals surface area (Å²) < 4.78 is 0. The van der Waals surface area contributed by atoms with Gasteiger partial charge in [-0.3, -0.25) is 0 Å². The molecular weight excluding hydrogens is 294 g/mol. The number of nitrogens with zero attached hydrogens (tertiary/aromatic N) is 2. The fraction of sp³-hybridized carbons (Fsp3) is 0.0476. The standard InChI is InChI=1S/C21H17N3/c1-15-12-13-18-19(14-15)23-21(22-17-10-6-3-7-11-17)24-20(18)16-8-4-2-5-9-16/h2-14H,1H3,(H,22,23,24). The van der Waals surface area contributed by atoms with E-state index < -0.39 is 0 Å². The molecule has 3 heteroatoms. The van der Waals surface area contributed by atoms with E-state index in [4.69, 9.17) is 9.97 Å². The molecule has 0 unspecified atom stereocenters. The Labute approximate surface area is 141 Å². The van der Waals surface area contributed by atoms with Crippen molar-refractivity contribution in [1.82, 2.24) is 9.97 Å². The van der Waals surface area contributed by atoms with E-state index >= 15 is 0 Å². The Morgan fingerprint density at radius 3 is 2.21 bits per heavy atom. The molecule has 116 valence electrons. The van der Waals surface area contributed by atoms with Gasteiger partial charge in [-0.05, 0) is 30.7 Å². The highest BCUT2D eigenvalue weighted by Gasteiger charge is 2.10. The summed E-state index contributed by atoms with van der Waals surface area (Å²) in [5.41, 5.74) is 5.14. The minimum atomic E-state index is 0.609. The molecule has 0 aliphatic carbocycles. The first-order valence-electron chi connectivity index (χ1n) is 7.95. The van der Waals surface area contributed by atoms with Crippen molar-refractivity contribution in [1.29, 1.82) is 0 Å². The molecule has 3 aromatic carbocycles. The van der Waals surface area contributed by atoms with Crippen molar-refractivity contribution in [3.05, 3.63) is 84.4 Å². The minimum absolute atomic E-state index is 0.609. The van der Waals surface area contributed by atoms with Gasteiger partial charge in [0, 0.05) is 16.6 Å². The molecule has 4 aromatic rings. The quantitative estimate of drug-likeness (QED) is 0.554. The molecule has 1 heterocycles. The smallest absolute Gasteiger partial charge is 0.228 e. The van der Waals surface area contributed by atoms with Crippen LogP contribution in [0, 0.1) is 6.92 Å². The number of para-hydroxylation sites is 1. The second kappa shape index (κ2) is 6.13. The van der Waals surface area contributed by atoms with Gasteiger partial charge >= 0.3 is 0 Å². The van der Waals surface area contributed by atoms with Gasteiger partial charge in [0.25, 0.3) is 0 Å². The topological polar surface area (TPSA) is 37.8 Å². The highest BCUT2D eigenvalue weighted by Crippen LogP contribution is 2.28. The van der Waals surface area contributed by atoms with Crippen LogP contribution in [-0.4, -0.2) is 9.97 Å². The summed E-state index contributed by atoms with van der Waals surface area (Å²) in [4.78, 5) is 9.47. The van der Waals surface area contributed by atoms with Crippen LogP contribution in [0.1, 0.15) is 5.56 Å². The Bertz CT molecular complexity index is 980. The molecule has 0 saturated carbocycles. The van der Waals surface area contributed by atoms with E-state index in [1.54, 1.807) is 0 Å². The number of hydrogen-bond acceptors (Lipinski definition) is 3. The van der Waals surface area contributed by atoms with Crippen LogP contribution in [0.2, 0.25) is 0 Å². The maximum absolute atomic E-state index is 4.77. The van der Waals surface area contributed by atoms with Gasteiger partial charge in [-0.15, -0.1) is 0 Å². The van der Waals surface area contributed by atoms with Crippen LogP contribution >= 0.6 is 0 Å². The van der Waals surface area contributed by atoms with E-state index in [2.05, 4.69) is 42.6 Å². The monoisotopic (exact) mass is 311 g/mol. The summed E-state index contributed by atoms with van der Waals surface area (Å²) in [5, 5.41) is 4.36. The summed E-state index contributed by atoms with van der Waals surface area (Å²) in [6.07, 6.45) is 0. The van der Waals surface area contributed by atoms with Crippen LogP contribution in [0.3, 0.4) is 0 Å². The SMILES string of the molecule is Cc1ccc2c(-c3ccccc3)nc(Nc3ccccc3)nc2c1. The van der Waals surface area contributed by atoms with E-state index in [0.717, 1.165) is 27.8 Å². The van der Waals surface area contributed by atoms with Crippen molar-refractivity contribution in [2.24, 2.45) is 0 Å². The van der Waals surface area contributed by atoms with Crippen molar-refractivity contribution < 1.29 is 0 Å². The van der Waals surface area contributed by atoms with Gasteiger partial charge in [0.1, 0.15) is 0 Å². The first-order valence-corrected chi connectivity index (χ1v) is 7.95. The molecule has 0 aliphatic rings. The van der Waals surface area contributed by atoms with Gasteiger partial charge in [0.05, 0.1) is 11.2 Å². The molecule has 0 spiro atoms. The molecule has 0 fully saturated rings. The van der Waals surface area contributed by atoms with Crippen molar-refractivity contribution in [2.45, 2.75) is 6.92 Å². The third kappa shape index (κ3) is 2.84. The molecule has 0 radical (unpaired) electrons. The number of nitrogens with one attached hydrogen (secondary N) is 1. The van der Waals surface area contributed by atoms with Gasteiger partial charge in [-0.25, -0.2) is 9.97 Å². The maximum Gasteiger partial charge on any atom is 0.228 e. The Kier molecular flexibility index (Phi) is 3.67. The van der Waals surface area contributed by atoms with E-state index in [1.807, 2.05) is 48.5 Å². The molecule has 1 aromatic heterocycles. The lowest BCUT2D eigenvalue weighted by atomic mass is 10.1. The summed E-state index contributed by atoms with van der Waals surface area (Å²) in [5.74, 6) is 0.609. The molecule has 0 saturated heterocycles. The van der Waals surface area contributed by atoms with Gasteiger partial charge in [-0.1, -0.05) is 60.7 Å². The number of hydrogen-bond donors (Lipinski definition) is 1. The molecule has 1 N–H and O–H groups in total. The van der Waals surface area contributed by atoms with Crippen molar-refractivity contribution in [3.63, 3.8) is 0 Å². The van der Waals surface area contributed by atoms with Crippen molar-refractivity contribution in [3.8, 4) is 11.3 Å². The van der Waals surface area contributed by atoms with E-state index in [-0.39, 0.29) is 0 Å². The molecule has 0 bridgehead atoms. The lowest BCUT2D eigenvalue weighted by Crippen LogP contribution is -2.00. The zero-order chi connectivity index (χ0) is 16.4. The Hall–Kier alpha value is -3.20. The molecular formula is C21H17N3. The highest BCUT2D eigenvalue weighted by atomic mass is 15.1. The van der Waals surface area contributed by atoms with Gasteiger partial charge in [0.15, 0.2) is 0 Å². The molecule has 3 nitrogen and oxygen atoms in total. The Morgan fingerprint density at radius 2 is 1.46 bits per heavy atom. The van der Waals surface area contributed by atoms with Gasteiger partial charge in [-0.2, -0.15) is 0 Å². The maximum atomic E-state index is 4.77. The Morgan fingerprint density at radius 1 is 0.750 bits per heavy atom. The number of benzene rings is 3. The third-order valence-corrected chi connectivity index (χ3v) is 3.93. The molecule has 0 aliphatic heterocycles. The fourth-order valence-corrected chi connectivity index (χ4v) is 2.76. The van der Waals surface area contributed by atoms with E-state index in [0.29, 0.717) is 5.95 Å². The highest BCUT2D eigenvalue weighted by molar-refractivity contribution is 5.93. The normalized spacial score (nSPS) is 10.7. The van der Waals surface area contributed by atoms with Gasteiger partial charge in [0.2, 0.25) is 5.95 Å². The molecule has 4 rings (SSSR count). The van der Waals surface area contributed by atoms with Crippen LogP contribution in [0.25, 0.3) is 22.2 Å². The van der Waals surface area contributed by atoms with Crippen molar-refractivity contribution in [2.75, 3.05) is 5.32 Å². The second-order valence-corrected chi connectivity index (χ2v) is 5.77. The number of anilines is 2.